The number of hydrogen-bond acceptors (Lipinski definition) is 5. The van der Waals surface area contributed by atoms with E-state index < -0.39 is 11.4 Å². The number of nitrogens with zero attached hydrogens (tertiary/aromatic N) is 2. The van der Waals surface area contributed by atoms with Crippen LogP contribution in [-0.4, -0.2) is 22.7 Å². The molecule has 0 aliphatic carbocycles. The largest absolute Gasteiger partial charge is 0.493 e. The minimum Gasteiger partial charge on any atom is -0.493 e. The Morgan fingerprint density at radius 2 is 2.14 bits per heavy atom. The number of carbonyl (C=O) groups is 1. The van der Waals surface area contributed by atoms with Gasteiger partial charge in [0.25, 0.3) is 6.43 Å². The number of ether oxygens (including phenoxy) is 1. The fourth-order valence-corrected chi connectivity index (χ4v) is 2.30. The van der Waals surface area contributed by atoms with Crippen molar-refractivity contribution in [2.24, 2.45) is 0 Å². The molecule has 0 saturated carbocycles. The molecule has 2 aromatic rings. The summed E-state index contributed by atoms with van der Waals surface area (Å²) in [5.74, 6) is 0.485. The molecule has 0 radical (unpaired) electrons. The van der Waals surface area contributed by atoms with Crippen molar-refractivity contribution in [3.63, 3.8) is 0 Å². The zero-order valence-electron chi connectivity index (χ0n) is 11.9. The molecule has 1 N–H and O–H groups in total. The van der Waals surface area contributed by atoms with Crippen molar-refractivity contribution in [3.8, 4) is 5.75 Å². The Hall–Kier alpha value is -2.09. The molecule has 0 bridgehead atoms. The van der Waals surface area contributed by atoms with Gasteiger partial charge in [-0.1, -0.05) is 29.5 Å². The number of para-hydroxylation sites is 1. The lowest BCUT2D eigenvalue weighted by Crippen LogP contribution is -2.12. The van der Waals surface area contributed by atoms with Gasteiger partial charge in [-0.05, 0) is 25.0 Å². The molecule has 118 valence electrons. The molecule has 0 aliphatic heterocycles. The highest BCUT2D eigenvalue weighted by molar-refractivity contribution is 7.15. The van der Waals surface area contributed by atoms with E-state index in [0.717, 1.165) is 11.3 Å². The van der Waals surface area contributed by atoms with E-state index in [-0.39, 0.29) is 17.5 Å². The average molecular weight is 327 g/mol. The molecule has 1 aromatic carbocycles. The standard InChI is InChI=1S/C14H15F2N3O2S/c1-9-5-2-3-6-10(9)21-8-4-7-11(20)17-14-19-18-13(22-14)12(15)16/h2-3,5-6,12H,4,7-8H2,1H3,(H,17,19,20). The monoisotopic (exact) mass is 327 g/mol. The smallest absolute Gasteiger partial charge is 0.291 e. The molecule has 1 heterocycles. The number of aryl methyl sites for hydroxylation is 1. The molecule has 0 fully saturated rings. The minimum absolute atomic E-state index is 0.0834. The Morgan fingerprint density at radius 1 is 1.36 bits per heavy atom. The highest BCUT2D eigenvalue weighted by Crippen LogP contribution is 2.25. The fraction of sp³-hybridized carbons (Fsp3) is 0.357. The van der Waals surface area contributed by atoms with Crippen LogP contribution in [0, 0.1) is 6.92 Å². The van der Waals surface area contributed by atoms with Crippen molar-refractivity contribution in [1.82, 2.24) is 10.2 Å². The van der Waals surface area contributed by atoms with Gasteiger partial charge in [-0.15, -0.1) is 10.2 Å². The Kier molecular flexibility index (Phi) is 5.76. The molecule has 1 aromatic heterocycles. The summed E-state index contributed by atoms with van der Waals surface area (Å²) >= 11 is 0.672. The van der Waals surface area contributed by atoms with Crippen LogP contribution in [0.5, 0.6) is 5.75 Å². The molecule has 1 amide bonds. The highest BCUT2D eigenvalue weighted by atomic mass is 32.1. The number of nitrogens with one attached hydrogen (secondary N) is 1. The van der Waals surface area contributed by atoms with Crippen LogP contribution in [0.15, 0.2) is 24.3 Å². The molecule has 0 spiro atoms. The third-order valence-corrected chi connectivity index (χ3v) is 3.62. The molecule has 0 atom stereocenters. The predicted octanol–water partition coefficient (Wildman–Crippen LogP) is 3.58. The summed E-state index contributed by atoms with van der Waals surface area (Å²) < 4.78 is 30.2. The highest BCUT2D eigenvalue weighted by Gasteiger charge is 2.15. The molecule has 5 nitrogen and oxygen atoms in total. The second kappa shape index (κ2) is 7.79. The number of rotatable bonds is 7. The maximum absolute atomic E-state index is 12.3. The second-order valence-corrected chi connectivity index (χ2v) is 5.52. The zero-order valence-corrected chi connectivity index (χ0v) is 12.7. The van der Waals surface area contributed by atoms with Crippen LogP contribution in [0.25, 0.3) is 0 Å². The Balaban J connectivity index is 1.70. The van der Waals surface area contributed by atoms with Gasteiger partial charge in [-0.3, -0.25) is 4.79 Å². The van der Waals surface area contributed by atoms with Crippen LogP contribution in [0.4, 0.5) is 13.9 Å². The molecular formula is C14H15F2N3O2S. The summed E-state index contributed by atoms with van der Waals surface area (Å²) in [6.45, 7) is 2.34. The van der Waals surface area contributed by atoms with Crippen LogP contribution < -0.4 is 10.1 Å². The number of alkyl halides is 2. The summed E-state index contributed by atoms with van der Waals surface area (Å²) in [5.41, 5.74) is 1.03. The summed E-state index contributed by atoms with van der Waals surface area (Å²) in [4.78, 5) is 11.7. The number of halogens is 2. The minimum atomic E-state index is -2.68. The molecular weight excluding hydrogens is 312 g/mol. The molecule has 0 aliphatic rings. The number of anilines is 1. The zero-order chi connectivity index (χ0) is 15.9. The van der Waals surface area contributed by atoms with Gasteiger partial charge in [0.05, 0.1) is 6.61 Å². The maximum atomic E-state index is 12.3. The summed E-state index contributed by atoms with van der Waals surface area (Å²) in [6.07, 6.45) is -1.94. The van der Waals surface area contributed by atoms with E-state index in [1.54, 1.807) is 0 Å². The van der Waals surface area contributed by atoms with E-state index in [4.69, 9.17) is 4.74 Å². The predicted molar refractivity (Wildman–Crippen MR) is 79.4 cm³/mol. The Bertz CT molecular complexity index is 634. The first-order valence-corrected chi connectivity index (χ1v) is 7.47. The lowest BCUT2D eigenvalue weighted by molar-refractivity contribution is -0.116. The molecule has 0 saturated heterocycles. The van der Waals surface area contributed by atoms with Crippen molar-refractivity contribution >= 4 is 22.4 Å². The quantitative estimate of drug-likeness (QED) is 0.790. The number of hydrogen-bond donors (Lipinski definition) is 1. The summed E-state index contributed by atoms with van der Waals surface area (Å²) in [7, 11) is 0. The fourth-order valence-electron chi connectivity index (χ4n) is 1.69. The van der Waals surface area contributed by atoms with Crippen molar-refractivity contribution < 1.29 is 18.3 Å². The molecule has 0 unspecified atom stereocenters. The van der Waals surface area contributed by atoms with Crippen LogP contribution >= 0.6 is 11.3 Å². The molecule has 22 heavy (non-hydrogen) atoms. The van der Waals surface area contributed by atoms with E-state index in [2.05, 4.69) is 15.5 Å². The average Bonchev–Trinajstić information content (AvgIpc) is 2.94. The number of amides is 1. The first-order chi connectivity index (χ1) is 10.6. The van der Waals surface area contributed by atoms with Crippen LogP contribution in [0.3, 0.4) is 0 Å². The van der Waals surface area contributed by atoms with Crippen LogP contribution in [-0.2, 0) is 4.79 Å². The van der Waals surface area contributed by atoms with Gasteiger partial charge in [0, 0.05) is 6.42 Å². The van der Waals surface area contributed by atoms with Crippen molar-refractivity contribution in [2.45, 2.75) is 26.2 Å². The van der Waals surface area contributed by atoms with Crippen molar-refractivity contribution in [3.05, 3.63) is 34.8 Å². The van der Waals surface area contributed by atoms with Crippen LogP contribution in [0.1, 0.15) is 29.8 Å². The number of benzene rings is 1. The van der Waals surface area contributed by atoms with E-state index >= 15 is 0 Å². The number of aromatic nitrogens is 2. The van der Waals surface area contributed by atoms with Crippen molar-refractivity contribution in [1.29, 1.82) is 0 Å². The van der Waals surface area contributed by atoms with Crippen molar-refractivity contribution in [2.75, 3.05) is 11.9 Å². The maximum Gasteiger partial charge on any atom is 0.291 e. The molecule has 8 heteroatoms. The van der Waals surface area contributed by atoms with Gasteiger partial charge < -0.3 is 10.1 Å². The third-order valence-electron chi connectivity index (χ3n) is 2.77. The third kappa shape index (κ3) is 4.73. The van der Waals surface area contributed by atoms with Gasteiger partial charge >= 0.3 is 0 Å². The lowest BCUT2D eigenvalue weighted by Gasteiger charge is -2.08. The molecule has 2 rings (SSSR count). The van der Waals surface area contributed by atoms with Gasteiger partial charge in [-0.2, -0.15) is 0 Å². The van der Waals surface area contributed by atoms with E-state index in [1.165, 1.54) is 0 Å². The van der Waals surface area contributed by atoms with Gasteiger partial charge in [0.1, 0.15) is 5.75 Å². The topological polar surface area (TPSA) is 64.1 Å². The van der Waals surface area contributed by atoms with E-state index in [1.807, 2.05) is 31.2 Å². The van der Waals surface area contributed by atoms with Crippen LogP contribution in [0.2, 0.25) is 0 Å². The normalized spacial score (nSPS) is 10.7. The Morgan fingerprint density at radius 3 is 2.82 bits per heavy atom. The van der Waals surface area contributed by atoms with E-state index in [9.17, 15) is 13.6 Å². The first-order valence-electron chi connectivity index (χ1n) is 6.66. The second-order valence-electron chi connectivity index (χ2n) is 4.51. The lowest BCUT2D eigenvalue weighted by atomic mass is 10.2. The van der Waals surface area contributed by atoms with Gasteiger partial charge in [0.15, 0.2) is 5.01 Å². The summed E-state index contributed by atoms with van der Waals surface area (Å²) in [5, 5.41) is 8.91. The Labute approximate surface area is 130 Å². The number of carbonyl (C=O) groups excluding carboxylic acids is 1. The van der Waals surface area contributed by atoms with Gasteiger partial charge in [-0.25, -0.2) is 8.78 Å². The van der Waals surface area contributed by atoms with Gasteiger partial charge in [0.2, 0.25) is 11.0 Å². The SMILES string of the molecule is Cc1ccccc1OCCCC(=O)Nc1nnc(C(F)F)s1. The van der Waals surface area contributed by atoms with E-state index in [0.29, 0.717) is 24.4 Å². The summed E-state index contributed by atoms with van der Waals surface area (Å²) in [6, 6.07) is 7.61. The first kappa shape index (κ1) is 16.3.